The summed E-state index contributed by atoms with van der Waals surface area (Å²) < 4.78 is 4.51. The van der Waals surface area contributed by atoms with Crippen LogP contribution in [0.4, 0.5) is 16.2 Å². The lowest BCUT2D eigenvalue weighted by Gasteiger charge is -2.06. The van der Waals surface area contributed by atoms with Crippen molar-refractivity contribution >= 4 is 35.4 Å². The number of carbonyl (C=O) groups is 3. The van der Waals surface area contributed by atoms with Gasteiger partial charge in [0.2, 0.25) is 5.91 Å². The van der Waals surface area contributed by atoms with E-state index in [-0.39, 0.29) is 11.8 Å². The Balaban J connectivity index is 1.51. The highest BCUT2D eigenvalue weighted by molar-refractivity contribution is 6.02. The third kappa shape index (κ3) is 5.70. The molecule has 0 heterocycles. The van der Waals surface area contributed by atoms with E-state index in [1.807, 2.05) is 0 Å². The van der Waals surface area contributed by atoms with E-state index in [4.69, 9.17) is 0 Å². The summed E-state index contributed by atoms with van der Waals surface area (Å²) >= 11 is 0. The predicted molar refractivity (Wildman–Crippen MR) is 107 cm³/mol. The monoisotopic (exact) mass is 379 g/mol. The van der Waals surface area contributed by atoms with Crippen molar-refractivity contribution in [2.24, 2.45) is 0 Å². The van der Waals surface area contributed by atoms with Crippen molar-refractivity contribution in [2.45, 2.75) is 18.9 Å². The normalized spacial score (nSPS) is 13.0. The number of rotatable bonds is 6. The fraction of sp³-hybridized carbons (Fsp3) is 0.190. The van der Waals surface area contributed by atoms with Gasteiger partial charge in [0.25, 0.3) is 5.91 Å². The van der Waals surface area contributed by atoms with Crippen LogP contribution in [0, 0.1) is 0 Å². The Morgan fingerprint density at radius 2 is 1.54 bits per heavy atom. The Morgan fingerprint density at radius 3 is 2.11 bits per heavy atom. The number of hydrogen-bond acceptors (Lipinski definition) is 4. The molecule has 2 aromatic carbocycles. The maximum absolute atomic E-state index is 12.0. The van der Waals surface area contributed by atoms with Crippen molar-refractivity contribution in [2.75, 3.05) is 17.7 Å². The van der Waals surface area contributed by atoms with E-state index in [0.717, 1.165) is 18.4 Å². The van der Waals surface area contributed by atoms with Gasteiger partial charge in [-0.25, -0.2) is 4.79 Å². The van der Waals surface area contributed by atoms with Gasteiger partial charge in [-0.15, -0.1) is 0 Å². The minimum atomic E-state index is -0.559. The number of amides is 3. The van der Waals surface area contributed by atoms with Gasteiger partial charge < -0.3 is 15.4 Å². The second-order valence-electron chi connectivity index (χ2n) is 6.39. The SMILES string of the molecule is COC(=O)Nc1ccc(NC(=O)/C=C/c2ccc(C(=O)NC3CC3)cc2)cc1. The van der Waals surface area contributed by atoms with Gasteiger partial charge in [-0.05, 0) is 60.9 Å². The molecular formula is C21H21N3O4. The number of hydrogen-bond donors (Lipinski definition) is 3. The van der Waals surface area contributed by atoms with Gasteiger partial charge in [-0.3, -0.25) is 14.9 Å². The van der Waals surface area contributed by atoms with Crippen molar-refractivity contribution in [1.29, 1.82) is 0 Å². The average molecular weight is 379 g/mol. The van der Waals surface area contributed by atoms with E-state index in [1.165, 1.54) is 13.2 Å². The molecule has 28 heavy (non-hydrogen) atoms. The van der Waals surface area contributed by atoms with Gasteiger partial charge >= 0.3 is 6.09 Å². The van der Waals surface area contributed by atoms with Crippen LogP contribution in [0.1, 0.15) is 28.8 Å². The molecule has 3 rings (SSSR count). The topological polar surface area (TPSA) is 96.5 Å². The maximum Gasteiger partial charge on any atom is 0.411 e. The number of ether oxygens (including phenoxy) is 1. The highest BCUT2D eigenvalue weighted by Crippen LogP contribution is 2.19. The molecule has 1 aliphatic rings. The Labute approximate surface area is 162 Å². The largest absolute Gasteiger partial charge is 0.453 e. The maximum atomic E-state index is 12.0. The summed E-state index contributed by atoms with van der Waals surface area (Å²) in [4.78, 5) is 35.1. The van der Waals surface area contributed by atoms with E-state index >= 15 is 0 Å². The van der Waals surface area contributed by atoms with E-state index in [9.17, 15) is 14.4 Å². The van der Waals surface area contributed by atoms with E-state index in [0.29, 0.717) is 23.0 Å². The Morgan fingerprint density at radius 1 is 0.929 bits per heavy atom. The summed E-state index contributed by atoms with van der Waals surface area (Å²) in [5.74, 6) is -0.356. The minimum absolute atomic E-state index is 0.0686. The molecule has 7 heteroatoms. The highest BCUT2D eigenvalue weighted by atomic mass is 16.5. The van der Waals surface area contributed by atoms with Crippen LogP contribution in [-0.4, -0.2) is 31.1 Å². The van der Waals surface area contributed by atoms with E-state index < -0.39 is 6.09 Å². The lowest BCUT2D eigenvalue weighted by Crippen LogP contribution is -2.25. The molecule has 1 fully saturated rings. The minimum Gasteiger partial charge on any atom is -0.453 e. The second kappa shape index (κ2) is 8.85. The van der Waals surface area contributed by atoms with Gasteiger partial charge in [-0.2, -0.15) is 0 Å². The molecule has 3 amide bonds. The molecule has 0 unspecified atom stereocenters. The molecule has 0 atom stereocenters. The molecular weight excluding hydrogens is 358 g/mol. The predicted octanol–water partition coefficient (Wildman–Crippen LogP) is 3.41. The van der Waals surface area contributed by atoms with Gasteiger partial charge in [0.1, 0.15) is 0 Å². The van der Waals surface area contributed by atoms with Crippen LogP contribution in [0.2, 0.25) is 0 Å². The standard InChI is InChI=1S/C21H21N3O4/c1-28-21(27)24-18-11-7-16(8-12-18)22-19(25)13-4-14-2-5-15(6-3-14)20(26)23-17-9-10-17/h2-8,11-13,17H,9-10H2,1H3,(H,22,25)(H,23,26)(H,24,27)/b13-4+. The molecule has 0 bridgehead atoms. The van der Waals surface area contributed by atoms with Crippen molar-refractivity contribution in [1.82, 2.24) is 5.32 Å². The molecule has 0 saturated heterocycles. The molecule has 1 saturated carbocycles. The third-order valence-electron chi connectivity index (χ3n) is 4.10. The molecule has 1 aliphatic carbocycles. The van der Waals surface area contributed by atoms with Crippen LogP contribution in [0.15, 0.2) is 54.6 Å². The van der Waals surface area contributed by atoms with Crippen molar-refractivity contribution < 1.29 is 19.1 Å². The first-order valence-electron chi connectivity index (χ1n) is 8.88. The zero-order valence-corrected chi connectivity index (χ0v) is 15.4. The first-order valence-corrected chi connectivity index (χ1v) is 8.88. The first kappa shape index (κ1) is 19.2. The quantitative estimate of drug-likeness (QED) is 0.670. The van der Waals surface area contributed by atoms with Crippen LogP contribution in [0.5, 0.6) is 0 Å². The van der Waals surface area contributed by atoms with Crippen LogP contribution in [-0.2, 0) is 9.53 Å². The zero-order valence-electron chi connectivity index (χ0n) is 15.4. The van der Waals surface area contributed by atoms with Gasteiger partial charge in [-0.1, -0.05) is 12.1 Å². The molecule has 144 valence electrons. The van der Waals surface area contributed by atoms with Gasteiger partial charge in [0.15, 0.2) is 0 Å². The lowest BCUT2D eigenvalue weighted by atomic mass is 10.1. The van der Waals surface area contributed by atoms with Crippen molar-refractivity contribution in [3.63, 3.8) is 0 Å². The Hall–Kier alpha value is -3.61. The summed E-state index contributed by atoms with van der Waals surface area (Å²) in [6.07, 6.45) is 4.62. The number of carbonyl (C=O) groups excluding carboxylic acids is 3. The van der Waals surface area contributed by atoms with Gasteiger partial charge in [0.05, 0.1) is 7.11 Å². The molecule has 2 aromatic rings. The average Bonchev–Trinajstić information content (AvgIpc) is 3.52. The van der Waals surface area contributed by atoms with Crippen molar-refractivity contribution in [3.8, 4) is 0 Å². The van der Waals surface area contributed by atoms with Crippen molar-refractivity contribution in [3.05, 3.63) is 65.7 Å². The van der Waals surface area contributed by atoms with Crippen LogP contribution < -0.4 is 16.0 Å². The summed E-state index contributed by atoms with van der Waals surface area (Å²) in [7, 11) is 1.28. The number of benzene rings is 2. The third-order valence-corrected chi connectivity index (χ3v) is 4.10. The molecule has 3 N–H and O–H groups in total. The first-order chi connectivity index (χ1) is 13.5. The highest BCUT2D eigenvalue weighted by Gasteiger charge is 2.23. The van der Waals surface area contributed by atoms with Crippen LogP contribution in [0.25, 0.3) is 6.08 Å². The number of methoxy groups -OCH3 is 1. The fourth-order valence-corrected chi connectivity index (χ4v) is 2.40. The molecule has 7 nitrogen and oxygen atoms in total. The number of anilines is 2. The lowest BCUT2D eigenvalue weighted by molar-refractivity contribution is -0.111. The molecule has 0 radical (unpaired) electrons. The van der Waals surface area contributed by atoms with Crippen LogP contribution >= 0.6 is 0 Å². The molecule has 0 aromatic heterocycles. The second-order valence-corrected chi connectivity index (χ2v) is 6.39. The summed E-state index contributed by atoms with van der Waals surface area (Å²) in [5, 5.41) is 8.19. The van der Waals surface area contributed by atoms with E-state index in [2.05, 4.69) is 20.7 Å². The van der Waals surface area contributed by atoms with Crippen LogP contribution in [0.3, 0.4) is 0 Å². The Kier molecular flexibility index (Phi) is 6.06. The summed E-state index contributed by atoms with van der Waals surface area (Å²) in [6.45, 7) is 0. The summed E-state index contributed by atoms with van der Waals surface area (Å²) in [5.41, 5.74) is 2.58. The Bertz CT molecular complexity index is 885. The smallest absolute Gasteiger partial charge is 0.411 e. The molecule has 0 aliphatic heterocycles. The zero-order chi connectivity index (χ0) is 19.9. The molecule has 0 spiro atoms. The number of nitrogens with one attached hydrogen (secondary N) is 3. The fourth-order valence-electron chi connectivity index (χ4n) is 2.40. The van der Waals surface area contributed by atoms with Gasteiger partial charge in [0, 0.05) is 29.1 Å². The summed E-state index contributed by atoms with van der Waals surface area (Å²) in [6, 6.07) is 14.0. The van der Waals surface area contributed by atoms with E-state index in [1.54, 1.807) is 54.6 Å².